The molecule has 0 heterocycles. The summed E-state index contributed by atoms with van der Waals surface area (Å²) in [5.74, 6) is 1.93. The highest BCUT2D eigenvalue weighted by atomic mass is 16.5. The number of hydrogen-bond acceptors (Lipinski definition) is 5. The van der Waals surface area contributed by atoms with Crippen molar-refractivity contribution >= 4 is 5.91 Å². The van der Waals surface area contributed by atoms with Crippen LogP contribution in [0.1, 0.15) is 16.7 Å². The molecule has 1 amide bonds. The van der Waals surface area contributed by atoms with Crippen molar-refractivity contribution in [1.82, 2.24) is 5.32 Å². The van der Waals surface area contributed by atoms with Gasteiger partial charge in [-0.1, -0.05) is 30.3 Å². The largest absolute Gasteiger partial charge is 0.496 e. The molecule has 3 rings (SSSR count). The molecule has 164 valence electrons. The van der Waals surface area contributed by atoms with Gasteiger partial charge in [0.15, 0.2) is 11.5 Å². The summed E-state index contributed by atoms with van der Waals surface area (Å²) in [5.41, 5.74) is 4.47. The number of nitrogens with one attached hydrogen (secondary N) is 1. The lowest BCUT2D eigenvalue weighted by molar-refractivity contribution is -0.120. The summed E-state index contributed by atoms with van der Waals surface area (Å²) >= 11 is 0. The first-order valence-corrected chi connectivity index (χ1v) is 10.2. The molecular formula is C26H26N2O4. The van der Waals surface area contributed by atoms with E-state index < -0.39 is 0 Å². The molecule has 0 aliphatic rings. The van der Waals surface area contributed by atoms with E-state index in [0.29, 0.717) is 30.0 Å². The van der Waals surface area contributed by atoms with Crippen molar-refractivity contribution in [1.29, 1.82) is 5.26 Å². The van der Waals surface area contributed by atoms with E-state index in [2.05, 4.69) is 11.4 Å². The Hall–Kier alpha value is -3.98. The molecule has 1 N–H and O–H groups in total. The van der Waals surface area contributed by atoms with E-state index in [9.17, 15) is 4.79 Å². The van der Waals surface area contributed by atoms with Crippen LogP contribution in [0.2, 0.25) is 0 Å². The van der Waals surface area contributed by atoms with Crippen molar-refractivity contribution < 1.29 is 19.0 Å². The van der Waals surface area contributed by atoms with E-state index in [-0.39, 0.29) is 12.3 Å². The Labute approximate surface area is 188 Å². The van der Waals surface area contributed by atoms with Gasteiger partial charge in [0.25, 0.3) is 0 Å². The number of carbonyl (C=O) groups excluding carboxylic acids is 1. The zero-order valence-corrected chi connectivity index (χ0v) is 18.5. The zero-order valence-electron chi connectivity index (χ0n) is 18.5. The maximum Gasteiger partial charge on any atom is 0.224 e. The van der Waals surface area contributed by atoms with Gasteiger partial charge in [0.1, 0.15) is 5.75 Å². The molecule has 0 spiro atoms. The van der Waals surface area contributed by atoms with Gasteiger partial charge in [-0.2, -0.15) is 5.26 Å². The molecular weight excluding hydrogens is 404 g/mol. The van der Waals surface area contributed by atoms with Crippen molar-refractivity contribution in [2.75, 3.05) is 27.9 Å². The van der Waals surface area contributed by atoms with E-state index >= 15 is 0 Å². The third kappa shape index (κ3) is 5.58. The van der Waals surface area contributed by atoms with Crippen LogP contribution < -0.4 is 19.5 Å². The molecule has 0 atom stereocenters. The quantitative estimate of drug-likeness (QED) is 0.552. The average Bonchev–Trinajstić information content (AvgIpc) is 2.83. The molecule has 0 radical (unpaired) electrons. The molecule has 0 unspecified atom stereocenters. The lowest BCUT2D eigenvalue weighted by Gasteiger charge is -2.12. The Morgan fingerprint density at radius 2 is 1.50 bits per heavy atom. The van der Waals surface area contributed by atoms with E-state index in [4.69, 9.17) is 19.5 Å². The fourth-order valence-corrected chi connectivity index (χ4v) is 3.44. The summed E-state index contributed by atoms with van der Waals surface area (Å²) in [6, 6.07) is 21.0. The summed E-state index contributed by atoms with van der Waals surface area (Å²) in [4.78, 5) is 12.3. The van der Waals surface area contributed by atoms with Crippen molar-refractivity contribution in [3.63, 3.8) is 0 Å². The van der Waals surface area contributed by atoms with Crippen molar-refractivity contribution in [3.8, 4) is 34.4 Å². The molecule has 6 nitrogen and oxygen atoms in total. The number of methoxy groups -OCH3 is 3. The molecule has 0 aliphatic carbocycles. The van der Waals surface area contributed by atoms with Gasteiger partial charge in [0, 0.05) is 12.1 Å². The number of ether oxygens (including phenoxy) is 3. The minimum atomic E-state index is -0.0570. The summed E-state index contributed by atoms with van der Waals surface area (Å²) < 4.78 is 16.1. The van der Waals surface area contributed by atoms with Gasteiger partial charge in [-0.15, -0.1) is 0 Å². The Bertz CT molecular complexity index is 1120. The van der Waals surface area contributed by atoms with E-state index in [0.717, 1.165) is 28.0 Å². The first kappa shape index (κ1) is 22.7. The number of amides is 1. The first-order chi connectivity index (χ1) is 15.6. The van der Waals surface area contributed by atoms with Gasteiger partial charge in [0.2, 0.25) is 5.91 Å². The molecule has 0 saturated carbocycles. The fourth-order valence-electron chi connectivity index (χ4n) is 3.44. The number of hydrogen-bond donors (Lipinski definition) is 1. The minimum Gasteiger partial charge on any atom is -0.496 e. The Morgan fingerprint density at radius 1 is 0.844 bits per heavy atom. The maximum atomic E-state index is 12.3. The van der Waals surface area contributed by atoms with Crippen LogP contribution in [0.15, 0.2) is 60.7 Å². The lowest BCUT2D eigenvalue weighted by Crippen LogP contribution is -2.27. The monoisotopic (exact) mass is 430 g/mol. The lowest BCUT2D eigenvalue weighted by atomic mass is 10.0. The highest BCUT2D eigenvalue weighted by Gasteiger charge is 2.10. The molecule has 0 aliphatic heterocycles. The third-order valence-corrected chi connectivity index (χ3v) is 5.14. The topological polar surface area (TPSA) is 80.6 Å². The van der Waals surface area contributed by atoms with Crippen molar-refractivity contribution in [3.05, 3.63) is 77.4 Å². The Kier molecular flexibility index (Phi) is 7.71. The number of rotatable bonds is 9. The molecule has 0 saturated heterocycles. The van der Waals surface area contributed by atoms with Gasteiger partial charge in [0.05, 0.1) is 39.4 Å². The molecule has 0 aromatic heterocycles. The summed E-state index contributed by atoms with van der Waals surface area (Å²) in [7, 11) is 4.79. The van der Waals surface area contributed by atoms with Crippen LogP contribution in [0.5, 0.6) is 17.2 Å². The van der Waals surface area contributed by atoms with Crippen LogP contribution in [0.25, 0.3) is 11.1 Å². The van der Waals surface area contributed by atoms with Gasteiger partial charge in [-0.3, -0.25) is 4.79 Å². The summed E-state index contributed by atoms with van der Waals surface area (Å²) in [6.07, 6.45) is 0.947. The second-order valence-corrected chi connectivity index (χ2v) is 7.19. The number of nitriles is 1. The van der Waals surface area contributed by atoms with Crippen molar-refractivity contribution in [2.24, 2.45) is 0 Å². The van der Waals surface area contributed by atoms with Crippen LogP contribution in [0.4, 0.5) is 0 Å². The molecule has 32 heavy (non-hydrogen) atoms. The predicted molar refractivity (Wildman–Crippen MR) is 123 cm³/mol. The zero-order chi connectivity index (χ0) is 22.9. The Morgan fingerprint density at radius 3 is 2.16 bits per heavy atom. The van der Waals surface area contributed by atoms with Gasteiger partial charge in [-0.25, -0.2) is 0 Å². The maximum absolute atomic E-state index is 12.3. The summed E-state index contributed by atoms with van der Waals surface area (Å²) in [5, 5.41) is 11.9. The third-order valence-electron chi connectivity index (χ3n) is 5.14. The van der Waals surface area contributed by atoms with Crippen LogP contribution >= 0.6 is 0 Å². The molecule has 0 bridgehead atoms. The molecule has 3 aromatic carbocycles. The second kappa shape index (κ2) is 10.9. The SMILES string of the molecule is COc1ccc(CC(=O)NCCc2ccc(-c3ccc(C#N)cc3)c(OC)c2)cc1OC. The van der Waals surface area contributed by atoms with E-state index in [1.54, 1.807) is 39.5 Å². The van der Waals surface area contributed by atoms with Crippen LogP contribution in [-0.2, 0) is 17.6 Å². The summed E-state index contributed by atoms with van der Waals surface area (Å²) in [6.45, 7) is 0.519. The molecule has 3 aromatic rings. The minimum absolute atomic E-state index is 0.0570. The smallest absolute Gasteiger partial charge is 0.224 e. The van der Waals surface area contributed by atoms with Crippen LogP contribution in [-0.4, -0.2) is 33.8 Å². The molecule has 6 heteroatoms. The van der Waals surface area contributed by atoms with Gasteiger partial charge in [-0.05, 0) is 53.4 Å². The van der Waals surface area contributed by atoms with Crippen molar-refractivity contribution in [2.45, 2.75) is 12.8 Å². The van der Waals surface area contributed by atoms with Gasteiger partial charge >= 0.3 is 0 Å². The van der Waals surface area contributed by atoms with E-state index in [1.165, 1.54) is 0 Å². The highest BCUT2D eigenvalue weighted by molar-refractivity contribution is 5.78. The first-order valence-electron chi connectivity index (χ1n) is 10.2. The van der Waals surface area contributed by atoms with Crippen LogP contribution in [0.3, 0.4) is 0 Å². The fraction of sp³-hybridized carbons (Fsp3) is 0.231. The average molecular weight is 431 g/mol. The standard InChI is InChI=1S/C26H26N2O4/c1-30-23-11-7-20(15-25(23)32-3)16-26(29)28-13-12-18-6-10-22(24(14-18)31-2)21-8-4-19(17-27)5-9-21/h4-11,14-15H,12-13,16H2,1-3H3,(H,28,29). The van der Waals surface area contributed by atoms with E-state index in [1.807, 2.05) is 42.5 Å². The number of carbonyl (C=O) groups is 1. The Balaban J connectivity index is 1.58. The number of benzene rings is 3. The van der Waals surface area contributed by atoms with Crippen LogP contribution in [0, 0.1) is 11.3 Å². The number of nitrogens with zero attached hydrogens (tertiary/aromatic N) is 1. The van der Waals surface area contributed by atoms with Gasteiger partial charge < -0.3 is 19.5 Å². The normalized spacial score (nSPS) is 10.2. The predicted octanol–water partition coefficient (Wildman–Crippen LogP) is 4.15. The molecule has 0 fully saturated rings. The highest BCUT2D eigenvalue weighted by Crippen LogP contribution is 2.31. The second-order valence-electron chi connectivity index (χ2n) is 7.19.